The molecule has 27 heavy (non-hydrogen) atoms. The zero-order valence-corrected chi connectivity index (χ0v) is 16.7. The van der Waals surface area contributed by atoms with Crippen molar-refractivity contribution in [3.63, 3.8) is 0 Å². The first-order chi connectivity index (χ1) is 12.5. The molecule has 1 aromatic carbocycles. The van der Waals surface area contributed by atoms with Gasteiger partial charge in [-0.25, -0.2) is 0 Å². The average molecular weight is 417 g/mol. The summed E-state index contributed by atoms with van der Waals surface area (Å²) in [5.41, 5.74) is 0.913. The number of nitro groups is 1. The van der Waals surface area contributed by atoms with Gasteiger partial charge in [-0.15, -0.1) is 12.4 Å². The van der Waals surface area contributed by atoms with Gasteiger partial charge in [0.05, 0.1) is 11.0 Å². The van der Waals surface area contributed by atoms with Gasteiger partial charge in [-0.05, 0) is 56.3 Å². The van der Waals surface area contributed by atoms with E-state index in [1.807, 2.05) is 0 Å². The number of nitro benzene ring substituents is 1. The van der Waals surface area contributed by atoms with Gasteiger partial charge in [-0.1, -0.05) is 17.7 Å². The van der Waals surface area contributed by atoms with E-state index in [2.05, 4.69) is 15.5 Å². The Hall–Kier alpha value is -1.41. The second kappa shape index (κ2) is 10.2. The molecule has 7 nitrogen and oxygen atoms in total. The number of hydrogen-bond donors (Lipinski definition) is 2. The summed E-state index contributed by atoms with van der Waals surface area (Å²) in [7, 11) is 0. The van der Waals surface area contributed by atoms with E-state index in [1.165, 1.54) is 6.07 Å². The normalized spacial score (nSPS) is 22.9. The van der Waals surface area contributed by atoms with E-state index in [1.54, 1.807) is 12.1 Å². The van der Waals surface area contributed by atoms with Gasteiger partial charge in [0.2, 0.25) is 5.91 Å². The fraction of sp³-hybridized carbons (Fsp3) is 0.611. The number of carbonyl (C=O) groups excluding carboxylic acids is 1. The van der Waals surface area contributed by atoms with Crippen LogP contribution in [0.15, 0.2) is 18.2 Å². The lowest BCUT2D eigenvalue weighted by atomic mass is 9.97. The molecule has 0 spiro atoms. The van der Waals surface area contributed by atoms with Crippen LogP contribution in [-0.4, -0.2) is 48.0 Å². The Morgan fingerprint density at radius 1 is 1.37 bits per heavy atom. The molecule has 0 radical (unpaired) electrons. The van der Waals surface area contributed by atoms with Gasteiger partial charge < -0.3 is 10.6 Å². The van der Waals surface area contributed by atoms with Crippen LogP contribution in [0.2, 0.25) is 5.02 Å². The minimum atomic E-state index is -0.467. The van der Waals surface area contributed by atoms with Crippen LogP contribution in [0.5, 0.6) is 0 Å². The standard InChI is InChI=1S/C18H25ClN4O3.ClH/c19-15-9-13(5-6-17(15)23(25)26)11-22-8-2-3-14(12-22)10-21-18(24)16-4-1-7-20-16;/h5-6,9,14,16,20H,1-4,7-8,10-12H2,(H,21,24);1H. The van der Waals surface area contributed by atoms with Crippen molar-refractivity contribution in [1.82, 2.24) is 15.5 Å². The molecule has 1 aromatic rings. The fourth-order valence-electron chi connectivity index (χ4n) is 3.79. The Balaban J connectivity index is 0.00000261. The topological polar surface area (TPSA) is 87.5 Å². The first-order valence-electron chi connectivity index (χ1n) is 9.19. The molecule has 1 amide bonds. The number of amides is 1. The molecule has 0 aliphatic carbocycles. The van der Waals surface area contributed by atoms with Crippen molar-refractivity contribution in [2.45, 2.75) is 38.3 Å². The number of nitrogens with zero attached hydrogens (tertiary/aromatic N) is 2. The molecule has 0 saturated carbocycles. The minimum absolute atomic E-state index is 0. The summed E-state index contributed by atoms with van der Waals surface area (Å²) in [5, 5.41) is 17.3. The second-order valence-corrected chi connectivity index (χ2v) is 7.59. The maximum absolute atomic E-state index is 12.1. The first-order valence-corrected chi connectivity index (χ1v) is 9.57. The molecular weight excluding hydrogens is 391 g/mol. The molecule has 2 N–H and O–H groups in total. The molecule has 9 heteroatoms. The zero-order chi connectivity index (χ0) is 18.5. The molecule has 2 saturated heterocycles. The number of hydrogen-bond acceptors (Lipinski definition) is 5. The van der Waals surface area contributed by atoms with Crippen molar-refractivity contribution in [2.75, 3.05) is 26.2 Å². The highest BCUT2D eigenvalue weighted by molar-refractivity contribution is 6.32. The second-order valence-electron chi connectivity index (χ2n) is 7.18. The zero-order valence-electron chi connectivity index (χ0n) is 15.2. The van der Waals surface area contributed by atoms with E-state index >= 15 is 0 Å². The van der Waals surface area contributed by atoms with Crippen LogP contribution in [0.1, 0.15) is 31.2 Å². The van der Waals surface area contributed by atoms with Gasteiger partial charge in [-0.2, -0.15) is 0 Å². The predicted octanol–water partition coefficient (Wildman–Crippen LogP) is 2.75. The lowest BCUT2D eigenvalue weighted by Crippen LogP contribution is -2.45. The summed E-state index contributed by atoms with van der Waals surface area (Å²) in [6, 6.07) is 4.88. The van der Waals surface area contributed by atoms with Crippen LogP contribution >= 0.6 is 24.0 Å². The third kappa shape index (κ3) is 6.04. The lowest BCUT2D eigenvalue weighted by Gasteiger charge is -2.33. The molecule has 0 aromatic heterocycles. The Kier molecular flexibility index (Phi) is 8.28. The fourth-order valence-corrected chi connectivity index (χ4v) is 4.07. The number of carbonyl (C=O) groups is 1. The van der Waals surface area contributed by atoms with Crippen LogP contribution in [-0.2, 0) is 11.3 Å². The largest absolute Gasteiger partial charge is 0.354 e. The number of rotatable bonds is 6. The minimum Gasteiger partial charge on any atom is -0.354 e. The van der Waals surface area contributed by atoms with Gasteiger partial charge in [0.15, 0.2) is 0 Å². The van der Waals surface area contributed by atoms with Crippen LogP contribution < -0.4 is 10.6 Å². The molecule has 2 aliphatic rings. The Labute approximate surface area is 170 Å². The van der Waals surface area contributed by atoms with E-state index in [9.17, 15) is 14.9 Å². The molecule has 2 fully saturated rings. The third-order valence-electron chi connectivity index (χ3n) is 5.16. The van der Waals surface area contributed by atoms with E-state index in [-0.39, 0.29) is 35.1 Å². The van der Waals surface area contributed by atoms with Gasteiger partial charge >= 0.3 is 0 Å². The van der Waals surface area contributed by atoms with Crippen molar-refractivity contribution in [2.24, 2.45) is 5.92 Å². The van der Waals surface area contributed by atoms with E-state index in [0.29, 0.717) is 19.0 Å². The van der Waals surface area contributed by atoms with Crippen LogP contribution in [0, 0.1) is 16.0 Å². The Bertz CT molecular complexity index is 668. The van der Waals surface area contributed by atoms with E-state index in [0.717, 1.165) is 50.9 Å². The smallest absolute Gasteiger partial charge is 0.287 e. The Morgan fingerprint density at radius 2 is 2.19 bits per heavy atom. The molecule has 2 unspecified atom stereocenters. The number of halogens is 2. The van der Waals surface area contributed by atoms with Crippen molar-refractivity contribution in [3.8, 4) is 0 Å². The quantitative estimate of drug-likeness (QED) is 0.549. The number of nitrogens with one attached hydrogen (secondary N) is 2. The third-order valence-corrected chi connectivity index (χ3v) is 5.46. The number of piperidine rings is 1. The van der Waals surface area contributed by atoms with Gasteiger partial charge in [-0.3, -0.25) is 19.8 Å². The molecule has 150 valence electrons. The van der Waals surface area contributed by atoms with Crippen molar-refractivity contribution < 1.29 is 9.72 Å². The summed E-state index contributed by atoms with van der Waals surface area (Å²) in [6.45, 7) is 4.24. The highest BCUT2D eigenvalue weighted by atomic mass is 35.5. The molecule has 2 aliphatic heterocycles. The molecular formula is C18H26Cl2N4O3. The maximum atomic E-state index is 12.1. The Morgan fingerprint density at radius 3 is 2.85 bits per heavy atom. The van der Waals surface area contributed by atoms with Crippen molar-refractivity contribution in [3.05, 3.63) is 38.9 Å². The highest BCUT2D eigenvalue weighted by Gasteiger charge is 2.25. The number of likely N-dealkylation sites (tertiary alicyclic amines) is 1. The van der Waals surface area contributed by atoms with E-state index < -0.39 is 4.92 Å². The maximum Gasteiger partial charge on any atom is 0.287 e. The predicted molar refractivity (Wildman–Crippen MR) is 107 cm³/mol. The van der Waals surface area contributed by atoms with Crippen molar-refractivity contribution in [1.29, 1.82) is 0 Å². The summed E-state index contributed by atoms with van der Waals surface area (Å²) < 4.78 is 0. The summed E-state index contributed by atoms with van der Waals surface area (Å²) in [4.78, 5) is 24.8. The van der Waals surface area contributed by atoms with Gasteiger partial charge in [0.1, 0.15) is 5.02 Å². The molecule has 2 atom stereocenters. The SMILES string of the molecule is Cl.O=C(NCC1CCCN(Cc2ccc([N+](=O)[O-])c(Cl)c2)C1)C1CCCN1. The number of benzene rings is 1. The van der Waals surface area contributed by atoms with Crippen LogP contribution in [0.3, 0.4) is 0 Å². The molecule has 2 heterocycles. The lowest BCUT2D eigenvalue weighted by molar-refractivity contribution is -0.384. The monoisotopic (exact) mass is 416 g/mol. The summed E-state index contributed by atoms with van der Waals surface area (Å²) in [6.07, 6.45) is 4.18. The van der Waals surface area contributed by atoms with Crippen molar-refractivity contribution >= 4 is 35.6 Å². The van der Waals surface area contributed by atoms with E-state index in [4.69, 9.17) is 11.6 Å². The van der Waals surface area contributed by atoms with Crippen LogP contribution in [0.25, 0.3) is 0 Å². The van der Waals surface area contributed by atoms with Gasteiger partial charge in [0, 0.05) is 25.7 Å². The summed E-state index contributed by atoms with van der Waals surface area (Å²) >= 11 is 6.00. The van der Waals surface area contributed by atoms with Gasteiger partial charge in [0.25, 0.3) is 5.69 Å². The average Bonchev–Trinajstić information content (AvgIpc) is 3.14. The molecule has 3 rings (SSSR count). The molecule has 0 bridgehead atoms. The highest BCUT2D eigenvalue weighted by Crippen LogP contribution is 2.26. The first kappa shape index (κ1) is 21.9. The summed E-state index contributed by atoms with van der Waals surface area (Å²) in [5.74, 6) is 0.546. The van der Waals surface area contributed by atoms with Crippen LogP contribution in [0.4, 0.5) is 5.69 Å².